The van der Waals surface area contributed by atoms with Crippen molar-refractivity contribution in [2.45, 2.75) is 32.4 Å². The van der Waals surface area contributed by atoms with Gasteiger partial charge in [-0.25, -0.2) is 0 Å². The Morgan fingerprint density at radius 3 is 2.64 bits per heavy atom. The second kappa shape index (κ2) is 6.60. The van der Waals surface area contributed by atoms with Crippen LogP contribution in [-0.2, 0) is 20.9 Å². The van der Waals surface area contributed by atoms with Crippen LogP contribution in [0.5, 0.6) is 0 Å². The number of hydrogen-bond donors (Lipinski definition) is 2. The Hall–Kier alpha value is -2.37. The number of nitrogens with one attached hydrogen (secondary N) is 2. The van der Waals surface area contributed by atoms with Gasteiger partial charge in [-0.2, -0.15) is 0 Å². The maximum atomic E-state index is 12.7. The van der Waals surface area contributed by atoms with E-state index in [1.54, 1.807) is 0 Å². The molecule has 0 bridgehead atoms. The fourth-order valence-corrected chi connectivity index (χ4v) is 2.79. The third-order valence-electron chi connectivity index (χ3n) is 3.96. The Kier molecular flexibility index (Phi) is 4.80. The predicted molar refractivity (Wildman–Crippen MR) is 81.9 cm³/mol. The van der Waals surface area contributed by atoms with Gasteiger partial charge in [0.05, 0.1) is 6.54 Å². The summed E-state index contributed by atoms with van der Waals surface area (Å²) >= 11 is 0. The molecule has 1 aromatic rings. The van der Waals surface area contributed by atoms with Gasteiger partial charge in [-0.1, -0.05) is 31.2 Å². The van der Waals surface area contributed by atoms with Gasteiger partial charge in [-0.05, 0) is 11.1 Å². The first kappa shape index (κ1) is 16.0. The highest BCUT2D eigenvalue weighted by Crippen LogP contribution is 2.29. The van der Waals surface area contributed by atoms with Gasteiger partial charge in [0, 0.05) is 26.4 Å². The minimum atomic E-state index is -0.661. The zero-order valence-corrected chi connectivity index (χ0v) is 13.1. The number of benzene rings is 1. The Labute approximate surface area is 129 Å². The number of amides is 3. The first-order valence-corrected chi connectivity index (χ1v) is 7.28. The SMILES string of the molecule is CNC(=O)CN1Cc2ccccc2[C@H](C)[C@@H](NC(C)=O)C1=O. The van der Waals surface area contributed by atoms with Gasteiger partial charge in [-0.15, -0.1) is 0 Å². The molecule has 1 aromatic carbocycles. The molecule has 3 amide bonds. The first-order valence-electron chi connectivity index (χ1n) is 7.28. The van der Waals surface area contributed by atoms with Crippen molar-refractivity contribution in [3.63, 3.8) is 0 Å². The van der Waals surface area contributed by atoms with Crippen molar-refractivity contribution in [1.82, 2.24) is 15.5 Å². The molecular weight excluding hydrogens is 282 g/mol. The molecule has 2 rings (SSSR count). The van der Waals surface area contributed by atoms with Crippen LogP contribution in [-0.4, -0.2) is 42.3 Å². The Morgan fingerprint density at radius 2 is 2.00 bits per heavy atom. The van der Waals surface area contributed by atoms with E-state index < -0.39 is 6.04 Å². The lowest BCUT2D eigenvalue weighted by atomic mass is 9.90. The summed E-state index contributed by atoms with van der Waals surface area (Å²) in [7, 11) is 1.53. The number of carbonyl (C=O) groups excluding carboxylic acids is 3. The number of rotatable bonds is 3. The van der Waals surface area contributed by atoms with E-state index in [2.05, 4.69) is 10.6 Å². The van der Waals surface area contributed by atoms with Crippen LogP contribution in [0.3, 0.4) is 0 Å². The lowest BCUT2D eigenvalue weighted by Crippen LogP contribution is -2.50. The summed E-state index contributed by atoms with van der Waals surface area (Å²) in [6, 6.07) is 7.08. The van der Waals surface area contributed by atoms with E-state index >= 15 is 0 Å². The van der Waals surface area contributed by atoms with Crippen LogP contribution in [0.25, 0.3) is 0 Å². The maximum absolute atomic E-state index is 12.7. The fourth-order valence-electron chi connectivity index (χ4n) is 2.79. The third kappa shape index (κ3) is 3.27. The normalized spacial score (nSPS) is 20.9. The van der Waals surface area contributed by atoms with Crippen molar-refractivity contribution < 1.29 is 14.4 Å². The van der Waals surface area contributed by atoms with Crippen molar-refractivity contribution in [2.75, 3.05) is 13.6 Å². The summed E-state index contributed by atoms with van der Waals surface area (Å²) in [5.74, 6) is -0.878. The molecule has 2 N–H and O–H groups in total. The second-order valence-electron chi connectivity index (χ2n) is 5.53. The van der Waals surface area contributed by atoms with Gasteiger partial charge in [0.1, 0.15) is 6.04 Å². The number of likely N-dealkylation sites (N-methyl/N-ethyl adjacent to an activating group) is 1. The van der Waals surface area contributed by atoms with Crippen LogP contribution in [0.2, 0.25) is 0 Å². The van der Waals surface area contributed by atoms with Crippen LogP contribution in [0.4, 0.5) is 0 Å². The molecule has 0 aliphatic carbocycles. The minimum absolute atomic E-state index is 0.0214. The van der Waals surface area contributed by atoms with Gasteiger partial charge in [-0.3, -0.25) is 14.4 Å². The highest BCUT2D eigenvalue weighted by atomic mass is 16.2. The topological polar surface area (TPSA) is 78.5 Å². The highest BCUT2D eigenvalue weighted by molar-refractivity contribution is 5.91. The van der Waals surface area contributed by atoms with Crippen molar-refractivity contribution in [3.8, 4) is 0 Å². The van der Waals surface area contributed by atoms with E-state index in [1.807, 2.05) is 31.2 Å². The van der Waals surface area contributed by atoms with Crippen molar-refractivity contribution in [2.24, 2.45) is 0 Å². The average Bonchev–Trinajstić information content (AvgIpc) is 2.58. The molecule has 1 heterocycles. The average molecular weight is 303 g/mol. The van der Waals surface area contributed by atoms with Gasteiger partial charge in [0.25, 0.3) is 0 Å². The molecule has 0 unspecified atom stereocenters. The van der Waals surface area contributed by atoms with Crippen molar-refractivity contribution in [1.29, 1.82) is 0 Å². The molecule has 1 aliphatic rings. The van der Waals surface area contributed by atoms with Gasteiger partial charge in [0.15, 0.2) is 0 Å². The molecule has 22 heavy (non-hydrogen) atoms. The Balaban J connectivity index is 2.40. The monoisotopic (exact) mass is 303 g/mol. The van der Waals surface area contributed by atoms with Crippen molar-refractivity contribution in [3.05, 3.63) is 35.4 Å². The van der Waals surface area contributed by atoms with E-state index in [0.717, 1.165) is 11.1 Å². The number of fused-ring (bicyclic) bond motifs is 1. The molecule has 118 valence electrons. The Bertz CT molecular complexity index is 600. The van der Waals surface area contributed by atoms with Crippen molar-refractivity contribution >= 4 is 17.7 Å². The highest BCUT2D eigenvalue weighted by Gasteiger charge is 2.35. The molecule has 6 nitrogen and oxygen atoms in total. The van der Waals surface area contributed by atoms with Crippen LogP contribution < -0.4 is 10.6 Å². The summed E-state index contributed by atoms with van der Waals surface area (Å²) in [6.45, 7) is 3.65. The summed E-state index contributed by atoms with van der Waals surface area (Å²) in [5, 5.41) is 5.25. The molecular formula is C16H21N3O3. The lowest BCUT2D eigenvalue weighted by Gasteiger charge is -2.26. The van der Waals surface area contributed by atoms with Crippen LogP contribution in [0, 0.1) is 0 Å². The predicted octanol–water partition coefficient (Wildman–Crippen LogP) is 0.383. The summed E-state index contributed by atoms with van der Waals surface area (Å²) in [5.41, 5.74) is 2.02. The zero-order valence-electron chi connectivity index (χ0n) is 13.1. The number of hydrogen-bond acceptors (Lipinski definition) is 3. The largest absolute Gasteiger partial charge is 0.358 e. The smallest absolute Gasteiger partial charge is 0.246 e. The standard InChI is InChI=1S/C16H21N3O3/c1-10-13-7-5-4-6-12(13)8-19(9-14(21)17-3)16(22)15(10)18-11(2)20/h4-7,10,15H,8-9H2,1-3H3,(H,17,21)(H,18,20)/t10-,15+/m0/s1. The summed E-state index contributed by atoms with van der Waals surface area (Å²) < 4.78 is 0. The molecule has 0 aromatic heterocycles. The minimum Gasteiger partial charge on any atom is -0.358 e. The van der Waals surface area contributed by atoms with Crippen LogP contribution >= 0.6 is 0 Å². The quantitative estimate of drug-likeness (QED) is 0.847. The third-order valence-corrected chi connectivity index (χ3v) is 3.96. The summed E-state index contributed by atoms with van der Waals surface area (Å²) in [4.78, 5) is 37.3. The maximum Gasteiger partial charge on any atom is 0.246 e. The molecule has 2 atom stereocenters. The van der Waals surface area contributed by atoms with E-state index in [1.165, 1.54) is 18.9 Å². The lowest BCUT2D eigenvalue weighted by molar-refractivity contribution is -0.139. The van der Waals surface area contributed by atoms with Crippen LogP contribution in [0.15, 0.2) is 24.3 Å². The Morgan fingerprint density at radius 1 is 1.32 bits per heavy atom. The zero-order chi connectivity index (χ0) is 16.3. The molecule has 0 radical (unpaired) electrons. The number of nitrogens with zero attached hydrogens (tertiary/aromatic N) is 1. The van der Waals surface area contributed by atoms with E-state index in [4.69, 9.17) is 0 Å². The molecule has 0 saturated heterocycles. The summed E-state index contributed by atoms with van der Waals surface area (Å²) in [6.07, 6.45) is 0. The number of carbonyl (C=O) groups is 3. The molecule has 0 fully saturated rings. The fraction of sp³-hybridized carbons (Fsp3) is 0.438. The first-order chi connectivity index (χ1) is 10.4. The van der Waals surface area contributed by atoms with E-state index in [0.29, 0.717) is 6.54 Å². The van der Waals surface area contributed by atoms with Gasteiger partial charge in [0.2, 0.25) is 17.7 Å². The molecule has 6 heteroatoms. The van der Waals surface area contributed by atoms with Gasteiger partial charge >= 0.3 is 0 Å². The van der Waals surface area contributed by atoms with E-state index in [9.17, 15) is 14.4 Å². The van der Waals surface area contributed by atoms with Gasteiger partial charge < -0.3 is 15.5 Å². The molecule has 0 saturated carbocycles. The molecule has 1 aliphatic heterocycles. The van der Waals surface area contributed by atoms with E-state index in [-0.39, 0.29) is 30.2 Å². The molecule has 0 spiro atoms. The van der Waals surface area contributed by atoms with Crippen LogP contribution in [0.1, 0.15) is 30.9 Å². The second-order valence-corrected chi connectivity index (χ2v) is 5.53.